The van der Waals surface area contributed by atoms with E-state index in [0.717, 1.165) is 0 Å². The van der Waals surface area contributed by atoms with E-state index in [-0.39, 0.29) is 28.2 Å². The molecule has 4 heterocycles. The van der Waals surface area contributed by atoms with Gasteiger partial charge in [-0.05, 0) is 33.8 Å². The molecule has 0 bridgehead atoms. The third-order valence-electron chi connectivity index (χ3n) is 5.36. The zero-order chi connectivity index (χ0) is 22.2. The van der Waals surface area contributed by atoms with Gasteiger partial charge in [0.2, 0.25) is 11.9 Å². The van der Waals surface area contributed by atoms with Crippen LogP contribution in [0.2, 0.25) is 0 Å². The average Bonchev–Trinajstić information content (AvgIpc) is 2.72. The number of ether oxygens (including phenoxy) is 2. The Morgan fingerprint density at radius 1 is 0.903 bits per heavy atom. The van der Waals surface area contributed by atoms with E-state index in [1.165, 1.54) is 18.5 Å². The molecule has 2 fully saturated rings. The Hall–Kier alpha value is -2.46. The smallest absolute Gasteiger partial charge is 0.264 e. The maximum Gasteiger partial charge on any atom is 0.264 e. The van der Waals surface area contributed by atoms with Gasteiger partial charge in [-0.3, -0.25) is 4.98 Å². The van der Waals surface area contributed by atoms with Crippen LogP contribution in [0, 0.1) is 0 Å². The molecule has 8 nitrogen and oxygen atoms in total. The standard InChI is InChI=1S/C21H28F2N6O2/c1-20(2)12-28(7-9-30-20)18-25-17(15-11-24-6-5-14(15)16(22)23)26-19(27-18)29-8-10-31-21(3,4)13-29/h5-6,11,16H,7-10,12-13H2,1-4H3. The zero-order valence-corrected chi connectivity index (χ0v) is 18.3. The molecule has 168 valence electrons. The number of morpholine rings is 2. The molecule has 0 saturated carbocycles. The predicted octanol–water partition coefficient (Wildman–Crippen LogP) is 3.10. The fourth-order valence-electron chi connectivity index (χ4n) is 3.91. The van der Waals surface area contributed by atoms with E-state index in [1.807, 2.05) is 37.5 Å². The molecule has 0 N–H and O–H groups in total. The molecule has 4 rings (SSSR count). The highest BCUT2D eigenvalue weighted by Crippen LogP contribution is 2.31. The number of hydrogen-bond donors (Lipinski definition) is 0. The Bertz CT molecular complexity index is 894. The second-order valence-electron chi connectivity index (χ2n) is 9.08. The summed E-state index contributed by atoms with van der Waals surface area (Å²) in [5.74, 6) is 1.09. The molecule has 2 saturated heterocycles. The van der Waals surface area contributed by atoms with Crippen LogP contribution in [0.15, 0.2) is 18.5 Å². The van der Waals surface area contributed by atoms with Crippen LogP contribution in [0.4, 0.5) is 20.7 Å². The van der Waals surface area contributed by atoms with Gasteiger partial charge in [-0.15, -0.1) is 0 Å². The van der Waals surface area contributed by atoms with Crippen molar-refractivity contribution in [3.8, 4) is 11.4 Å². The highest BCUT2D eigenvalue weighted by molar-refractivity contribution is 5.62. The van der Waals surface area contributed by atoms with Gasteiger partial charge in [0.1, 0.15) is 0 Å². The molecule has 0 radical (unpaired) electrons. The van der Waals surface area contributed by atoms with Crippen molar-refractivity contribution in [1.82, 2.24) is 19.9 Å². The summed E-state index contributed by atoms with van der Waals surface area (Å²) >= 11 is 0. The molecule has 0 aliphatic carbocycles. The molecular weight excluding hydrogens is 406 g/mol. The Morgan fingerprint density at radius 3 is 1.94 bits per heavy atom. The minimum absolute atomic E-state index is 0.150. The van der Waals surface area contributed by atoms with Gasteiger partial charge >= 0.3 is 0 Å². The Labute approximate surface area is 180 Å². The number of halogens is 2. The number of nitrogens with zero attached hydrogens (tertiary/aromatic N) is 6. The summed E-state index contributed by atoms with van der Waals surface area (Å²) in [5.41, 5.74) is -0.673. The molecule has 0 atom stereocenters. The summed E-state index contributed by atoms with van der Waals surface area (Å²) in [6, 6.07) is 1.30. The quantitative estimate of drug-likeness (QED) is 0.727. The fourth-order valence-corrected chi connectivity index (χ4v) is 3.91. The van der Waals surface area contributed by atoms with Gasteiger partial charge in [0, 0.05) is 49.7 Å². The van der Waals surface area contributed by atoms with Crippen molar-refractivity contribution in [1.29, 1.82) is 0 Å². The van der Waals surface area contributed by atoms with Crippen LogP contribution in [0.1, 0.15) is 39.7 Å². The van der Waals surface area contributed by atoms with Gasteiger partial charge in [0.25, 0.3) is 6.43 Å². The highest BCUT2D eigenvalue weighted by Gasteiger charge is 2.32. The Kier molecular flexibility index (Phi) is 5.78. The average molecular weight is 434 g/mol. The van der Waals surface area contributed by atoms with Crippen LogP contribution >= 0.6 is 0 Å². The summed E-state index contributed by atoms with van der Waals surface area (Å²) < 4.78 is 39.0. The Balaban J connectivity index is 1.80. The van der Waals surface area contributed by atoms with Crippen molar-refractivity contribution in [2.75, 3.05) is 49.2 Å². The zero-order valence-electron chi connectivity index (χ0n) is 18.3. The minimum Gasteiger partial charge on any atom is -0.372 e. The molecule has 2 aromatic heterocycles. The van der Waals surface area contributed by atoms with Crippen LogP contribution in [-0.2, 0) is 9.47 Å². The van der Waals surface area contributed by atoms with Crippen LogP contribution in [0.3, 0.4) is 0 Å². The molecule has 2 aromatic rings. The molecule has 0 amide bonds. The number of pyridine rings is 1. The number of alkyl halides is 2. The molecule has 0 unspecified atom stereocenters. The number of anilines is 2. The molecule has 2 aliphatic heterocycles. The molecule has 2 aliphatic rings. The van der Waals surface area contributed by atoms with Crippen molar-refractivity contribution < 1.29 is 18.3 Å². The third-order valence-corrected chi connectivity index (χ3v) is 5.36. The maximum atomic E-state index is 13.7. The third kappa shape index (κ3) is 4.90. The number of aromatic nitrogens is 4. The highest BCUT2D eigenvalue weighted by atomic mass is 19.3. The van der Waals surface area contributed by atoms with E-state index in [1.54, 1.807) is 0 Å². The van der Waals surface area contributed by atoms with Crippen LogP contribution in [0.5, 0.6) is 0 Å². The summed E-state index contributed by atoms with van der Waals surface area (Å²) in [7, 11) is 0. The van der Waals surface area contributed by atoms with Crippen LogP contribution in [-0.4, -0.2) is 70.5 Å². The summed E-state index contributed by atoms with van der Waals surface area (Å²) in [6.45, 7) is 11.5. The van der Waals surface area contributed by atoms with E-state index in [0.29, 0.717) is 51.3 Å². The van der Waals surface area contributed by atoms with Crippen molar-refractivity contribution in [2.24, 2.45) is 0 Å². The maximum absolute atomic E-state index is 13.7. The first kappa shape index (κ1) is 21.8. The lowest BCUT2D eigenvalue weighted by Crippen LogP contribution is -2.50. The number of hydrogen-bond acceptors (Lipinski definition) is 8. The normalized spacial score (nSPS) is 20.9. The Morgan fingerprint density at radius 2 is 1.45 bits per heavy atom. The van der Waals surface area contributed by atoms with Gasteiger partial charge in [-0.2, -0.15) is 15.0 Å². The van der Waals surface area contributed by atoms with Gasteiger partial charge in [-0.25, -0.2) is 8.78 Å². The van der Waals surface area contributed by atoms with Crippen molar-refractivity contribution in [3.05, 3.63) is 24.0 Å². The minimum atomic E-state index is -2.66. The first-order valence-electron chi connectivity index (χ1n) is 10.4. The lowest BCUT2D eigenvalue weighted by molar-refractivity contribution is -0.0285. The number of rotatable bonds is 4. The van der Waals surface area contributed by atoms with E-state index in [4.69, 9.17) is 14.5 Å². The molecule has 0 aromatic carbocycles. The summed E-state index contributed by atoms with van der Waals surface area (Å²) in [5, 5.41) is 0. The van der Waals surface area contributed by atoms with Crippen LogP contribution < -0.4 is 9.80 Å². The first-order valence-corrected chi connectivity index (χ1v) is 10.4. The summed E-state index contributed by atoms with van der Waals surface area (Å²) in [4.78, 5) is 22.0. The van der Waals surface area contributed by atoms with Crippen molar-refractivity contribution in [2.45, 2.75) is 45.3 Å². The van der Waals surface area contributed by atoms with Crippen LogP contribution in [0.25, 0.3) is 11.4 Å². The molecule has 0 spiro atoms. The monoisotopic (exact) mass is 434 g/mol. The fraction of sp³-hybridized carbons (Fsp3) is 0.619. The first-order chi connectivity index (χ1) is 14.6. The van der Waals surface area contributed by atoms with Gasteiger partial charge in [-0.1, -0.05) is 0 Å². The van der Waals surface area contributed by atoms with E-state index >= 15 is 0 Å². The van der Waals surface area contributed by atoms with Gasteiger partial charge in [0.05, 0.1) is 24.4 Å². The van der Waals surface area contributed by atoms with Gasteiger partial charge in [0.15, 0.2) is 5.82 Å². The topological polar surface area (TPSA) is 76.5 Å². The van der Waals surface area contributed by atoms with E-state index < -0.39 is 6.43 Å². The largest absolute Gasteiger partial charge is 0.372 e. The molecule has 10 heteroatoms. The van der Waals surface area contributed by atoms with E-state index in [2.05, 4.69) is 15.0 Å². The summed E-state index contributed by atoms with van der Waals surface area (Å²) in [6.07, 6.45) is 0.0752. The lowest BCUT2D eigenvalue weighted by atomic mass is 10.1. The second kappa shape index (κ2) is 8.23. The van der Waals surface area contributed by atoms with Gasteiger partial charge < -0.3 is 19.3 Å². The van der Waals surface area contributed by atoms with Crippen molar-refractivity contribution in [3.63, 3.8) is 0 Å². The molecule has 31 heavy (non-hydrogen) atoms. The second-order valence-corrected chi connectivity index (χ2v) is 9.08. The molecular formula is C21H28F2N6O2. The van der Waals surface area contributed by atoms with Crippen molar-refractivity contribution >= 4 is 11.9 Å². The SMILES string of the molecule is CC1(C)CN(c2nc(-c3cnccc3C(F)F)nc(N3CCOC(C)(C)C3)n2)CCO1. The van der Waals surface area contributed by atoms with E-state index in [9.17, 15) is 8.78 Å². The lowest BCUT2D eigenvalue weighted by Gasteiger charge is -2.40. The predicted molar refractivity (Wildman–Crippen MR) is 113 cm³/mol.